The molecule has 2 aromatic rings. The summed E-state index contributed by atoms with van der Waals surface area (Å²) in [6.07, 6.45) is 1.50. The Hall–Kier alpha value is -1.02. The maximum atomic E-state index is 12.1. The first-order chi connectivity index (χ1) is 9.56. The van der Waals surface area contributed by atoms with Crippen molar-refractivity contribution in [2.24, 2.45) is 0 Å². The molecule has 0 radical (unpaired) electrons. The number of carbonyl (C=O) groups is 1. The lowest BCUT2D eigenvalue weighted by molar-refractivity contribution is 0.104. The third-order valence-corrected chi connectivity index (χ3v) is 6.89. The molecule has 0 unspecified atom stereocenters. The predicted molar refractivity (Wildman–Crippen MR) is 80.9 cm³/mol. The van der Waals surface area contributed by atoms with Crippen LogP contribution in [0.15, 0.2) is 29.6 Å². The highest BCUT2D eigenvalue weighted by molar-refractivity contribution is 7.90. The minimum Gasteiger partial charge on any atom is -0.287 e. The molecule has 4 nitrogen and oxygen atoms in total. The van der Waals surface area contributed by atoms with Crippen molar-refractivity contribution in [1.29, 1.82) is 0 Å². The third-order valence-electron chi connectivity index (χ3n) is 3.04. The van der Waals surface area contributed by atoms with Crippen LogP contribution in [-0.4, -0.2) is 19.5 Å². The van der Waals surface area contributed by atoms with Gasteiger partial charge in [0.15, 0.2) is 0 Å². The number of carbonyl (C=O) groups excluding carboxylic acids is 1. The molecule has 20 heavy (non-hydrogen) atoms. The van der Waals surface area contributed by atoms with Gasteiger partial charge in [-0.15, -0.1) is 22.7 Å². The molecule has 1 fully saturated rings. The van der Waals surface area contributed by atoms with E-state index < -0.39 is 10.0 Å². The third kappa shape index (κ3) is 3.01. The van der Waals surface area contributed by atoms with E-state index in [1.165, 1.54) is 22.7 Å². The van der Waals surface area contributed by atoms with Crippen molar-refractivity contribution in [1.82, 2.24) is 4.72 Å². The number of rotatable bonds is 6. The zero-order valence-corrected chi connectivity index (χ0v) is 13.0. The van der Waals surface area contributed by atoms with E-state index in [9.17, 15) is 13.2 Å². The predicted octanol–water partition coefficient (Wildman–Crippen LogP) is 2.62. The normalized spacial score (nSPS) is 15.4. The van der Waals surface area contributed by atoms with Crippen molar-refractivity contribution >= 4 is 38.5 Å². The van der Waals surface area contributed by atoms with Crippen LogP contribution in [-0.2, 0) is 16.6 Å². The average Bonchev–Trinajstić information content (AvgIpc) is 2.98. The maximum absolute atomic E-state index is 12.1. The van der Waals surface area contributed by atoms with Gasteiger partial charge in [0.25, 0.3) is 0 Å². The molecule has 2 aromatic heterocycles. The van der Waals surface area contributed by atoms with Gasteiger partial charge in [-0.2, -0.15) is 0 Å². The van der Waals surface area contributed by atoms with Gasteiger partial charge in [0.2, 0.25) is 15.8 Å². The Morgan fingerprint density at radius 3 is 2.70 bits per heavy atom. The number of sulfonamides is 1. The molecule has 0 bridgehead atoms. The second kappa shape index (κ2) is 5.40. The van der Waals surface area contributed by atoms with Crippen LogP contribution in [0.1, 0.15) is 32.3 Å². The fourth-order valence-electron chi connectivity index (χ4n) is 1.79. The zero-order valence-electron chi connectivity index (χ0n) is 10.5. The van der Waals surface area contributed by atoms with E-state index in [1.807, 2.05) is 11.4 Å². The maximum Gasteiger partial charge on any atom is 0.214 e. The van der Waals surface area contributed by atoms with E-state index in [1.54, 1.807) is 18.2 Å². The molecule has 0 aliphatic heterocycles. The van der Waals surface area contributed by atoms with Gasteiger partial charge in [-0.25, -0.2) is 13.1 Å². The van der Waals surface area contributed by atoms with Crippen LogP contribution < -0.4 is 4.72 Å². The van der Waals surface area contributed by atoms with Gasteiger partial charge >= 0.3 is 0 Å². The van der Waals surface area contributed by atoms with E-state index >= 15 is 0 Å². The fourth-order valence-corrected chi connectivity index (χ4v) is 4.88. The van der Waals surface area contributed by atoms with Crippen molar-refractivity contribution in [2.45, 2.75) is 24.6 Å². The van der Waals surface area contributed by atoms with Crippen LogP contribution in [0.3, 0.4) is 0 Å². The quantitative estimate of drug-likeness (QED) is 0.830. The lowest BCUT2D eigenvalue weighted by Crippen LogP contribution is -2.26. The summed E-state index contributed by atoms with van der Waals surface area (Å²) in [5, 5.41) is 1.65. The van der Waals surface area contributed by atoms with Crippen molar-refractivity contribution < 1.29 is 13.2 Å². The van der Waals surface area contributed by atoms with Crippen molar-refractivity contribution in [3.63, 3.8) is 0 Å². The summed E-state index contributed by atoms with van der Waals surface area (Å²) >= 11 is 2.75. The van der Waals surface area contributed by atoms with Crippen LogP contribution in [0.25, 0.3) is 0 Å². The van der Waals surface area contributed by atoms with Gasteiger partial charge in [-0.3, -0.25) is 4.79 Å². The van der Waals surface area contributed by atoms with Crippen molar-refractivity contribution in [2.75, 3.05) is 0 Å². The molecule has 1 aliphatic carbocycles. The SMILES string of the molecule is O=C(c1cccs1)c1ccc(CNS(=O)(=O)C2CC2)s1. The highest BCUT2D eigenvalue weighted by Crippen LogP contribution is 2.28. The van der Waals surface area contributed by atoms with Gasteiger partial charge in [-0.05, 0) is 36.4 Å². The van der Waals surface area contributed by atoms with Crippen molar-refractivity contribution in [3.8, 4) is 0 Å². The number of thiophene rings is 2. The monoisotopic (exact) mass is 327 g/mol. The molecule has 0 aromatic carbocycles. The summed E-state index contributed by atoms with van der Waals surface area (Å²) in [4.78, 5) is 14.3. The van der Waals surface area contributed by atoms with Crippen LogP contribution in [0.2, 0.25) is 0 Å². The second-order valence-corrected chi connectivity index (χ2v) is 8.80. The van der Waals surface area contributed by atoms with E-state index in [-0.39, 0.29) is 17.6 Å². The first-order valence-corrected chi connectivity index (χ1v) is 9.46. The van der Waals surface area contributed by atoms with E-state index in [0.29, 0.717) is 9.75 Å². The summed E-state index contributed by atoms with van der Waals surface area (Å²) in [5.74, 6) is 0.00120. The van der Waals surface area contributed by atoms with Crippen molar-refractivity contribution in [3.05, 3.63) is 44.3 Å². The first-order valence-electron chi connectivity index (χ1n) is 6.21. The van der Waals surface area contributed by atoms with E-state index in [4.69, 9.17) is 0 Å². The molecule has 7 heteroatoms. The minimum atomic E-state index is -3.17. The Balaban J connectivity index is 1.66. The molecular weight excluding hydrogens is 314 g/mol. The number of hydrogen-bond donors (Lipinski definition) is 1. The fraction of sp³-hybridized carbons (Fsp3) is 0.308. The number of hydrogen-bond acceptors (Lipinski definition) is 5. The molecular formula is C13H13NO3S3. The Labute approximate surface area is 125 Å². The molecule has 0 amide bonds. The molecule has 1 aliphatic rings. The highest BCUT2D eigenvalue weighted by atomic mass is 32.2. The Bertz CT molecular complexity index is 712. The summed E-state index contributed by atoms with van der Waals surface area (Å²) < 4.78 is 26.0. The summed E-state index contributed by atoms with van der Waals surface area (Å²) in [7, 11) is -3.17. The van der Waals surface area contributed by atoms with Gasteiger partial charge in [-0.1, -0.05) is 6.07 Å². The average molecular weight is 327 g/mol. The molecule has 0 atom stereocenters. The minimum absolute atomic E-state index is 0.00120. The molecule has 0 saturated heterocycles. The van der Waals surface area contributed by atoms with Gasteiger partial charge in [0.05, 0.1) is 15.0 Å². The molecule has 3 rings (SSSR count). The van der Waals surface area contributed by atoms with E-state index in [2.05, 4.69) is 4.72 Å². The van der Waals surface area contributed by atoms with E-state index in [0.717, 1.165) is 17.7 Å². The van der Waals surface area contributed by atoms with Gasteiger partial charge in [0.1, 0.15) is 0 Å². The van der Waals surface area contributed by atoms with Crippen LogP contribution >= 0.6 is 22.7 Å². The first kappa shape index (κ1) is 13.9. The largest absolute Gasteiger partial charge is 0.287 e. The van der Waals surface area contributed by atoms with Gasteiger partial charge in [0, 0.05) is 11.4 Å². The molecule has 0 spiro atoms. The topological polar surface area (TPSA) is 63.2 Å². The summed E-state index contributed by atoms with van der Waals surface area (Å²) in [6.45, 7) is 0.265. The Kier molecular flexibility index (Phi) is 3.76. The summed E-state index contributed by atoms with van der Waals surface area (Å²) in [5.41, 5.74) is 0. The standard InChI is InChI=1S/C13H13NO3S3/c15-13(11-2-1-7-18-11)12-6-3-9(19-12)8-14-20(16,17)10-4-5-10/h1-3,6-7,10,14H,4-5,8H2. The Morgan fingerprint density at radius 1 is 1.25 bits per heavy atom. The lowest BCUT2D eigenvalue weighted by atomic mass is 10.3. The van der Waals surface area contributed by atoms with Crippen LogP contribution in [0, 0.1) is 0 Å². The molecule has 1 N–H and O–H groups in total. The van der Waals surface area contributed by atoms with Crippen LogP contribution in [0.5, 0.6) is 0 Å². The zero-order chi connectivity index (χ0) is 14.2. The second-order valence-electron chi connectivity index (χ2n) is 4.64. The molecule has 2 heterocycles. The molecule has 106 valence electrons. The number of ketones is 1. The van der Waals surface area contributed by atoms with Gasteiger partial charge < -0.3 is 0 Å². The van der Waals surface area contributed by atoms with Crippen LogP contribution in [0.4, 0.5) is 0 Å². The molecule has 1 saturated carbocycles. The smallest absolute Gasteiger partial charge is 0.214 e. The highest BCUT2D eigenvalue weighted by Gasteiger charge is 2.35. The number of nitrogens with one attached hydrogen (secondary N) is 1. The lowest BCUT2D eigenvalue weighted by Gasteiger charge is -2.02. The summed E-state index contributed by atoms with van der Waals surface area (Å²) in [6, 6.07) is 7.20. The Morgan fingerprint density at radius 2 is 2.05 bits per heavy atom.